The second kappa shape index (κ2) is 19.7. The molecule has 2 aliphatic carbocycles. The summed E-state index contributed by atoms with van der Waals surface area (Å²) in [4.78, 5) is 69.5. The van der Waals surface area contributed by atoms with E-state index in [1.54, 1.807) is 37.7 Å². The number of nitrogens with zero attached hydrogens (tertiary/aromatic N) is 3. The number of thiazole rings is 1. The highest BCUT2D eigenvalue weighted by atomic mass is 32.2. The average molecular weight is 999 g/mol. The van der Waals surface area contributed by atoms with Crippen molar-refractivity contribution in [3.05, 3.63) is 60.3 Å². The van der Waals surface area contributed by atoms with Crippen LogP contribution < -0.4 is 14.2 Å². The van der Waals surface area contributed by atoms with Gasteiger partial charge in [0, 0.05) is 49.8 Å². The van der Waals surface area contributed by atoms with Crippen LogP contribution in [0.2, 0.25) is 0 Å². The Morgan fingerprint density at radius 2 is 1.78 bits per heavy atom. The number of pyridine rings is 1. The fraction of sp³-hybridized carbons (Fsp3) is 0.600. The monoisotopic (exact) mass is 998 g/mol. The number of alkyl halides is 3. The number of allylic oxidation sites excluding steroid dienone is 2. The predicted octanol–water partition coefficient (Wildman–Crippen LogP) is 8.64. The first-order valence-corrected chi connectivity index (χ1v) is 26.2. The highest BCUT2D eigenvalue weighted by molar-refractivity contribution is 7.91. The summed E-state index contributed by atoms with van der Waals surface area (Å²) in [5, 5.41) is 0. The van der Waals surface area contributed by atoms with Gasteiger partial charge in [0.25, 0.3) is 0 Å². The number of benzene rings is 1. The first kappa shape index (κ1) is 50.5. The molecule has 0 radical (unpaired) electrons. The van der Waals surface area contributed by atoms with Crippen molar-refractivity contribution < 1.29 is 59.7 Å². The molecule has 4 fully saturated rings. The molecule has 0 spiro atoms. The Hall–Kier alpha value is -4.88. The van der Waals surface area contributed by atoms with Gasteiger partial charge in [0.1, 0.15) is 17.6 Å². The number of amides is 2. The molecule has 8 rings (SSSR count). The standard InChI is InChI=1S/C50H61F3N4O10S2/c1-30(2)65-35-13-11-33(12-14-35)39-20-36(21-40(55-39)43-26-54-29-68-43)66-37-22-41-42(58)25-48(46(61)56-69(62,63)47(5)16-17-47)24-34(48)10-7-6-9-31(3)19-32(4)38(45(60)57(41)27-37)23-44(59)67-49(50(51,52)53)15-8-18-64-28-49/h7,10-14,20-21,26,29-32,34,37-38,41H,6,8-9,15-19,22-25,27-28H2,1-5H3,(H,56,61)/b10-7-/t31-,32+,34+,37+,38-,41-,48+,49?/m0/s1. The minimum absolute atomic E-state index is 0.00861. The maximum Gasteiger partial charge on any atom is 0.430 e. The number of carbonyl (C=O) groups excluding carboxylic acids is 4. The lowest BCUT2D eigenvalue weighted by Crippen LogP contribution is -2.55. The number of rotatable bonds is 12. The van der Waals surface area contributed by atoms with Gasteiger partial charge < -0.3 is 23.8 Å². The zero-order valence-corrected chi connectivity index (χ0v) is 41.2. The molecule has 374 valence electrons. The van der Waals surface area contributed by atoms with E-state index in [4.69, 9.17) is 23.9 Å². The quantitative estimate of drug-likeness (QED) is 0.135. The van der Waals surface area contributed by atoms with Crippen LogP contribution in [0.25, 0.3) is 21.8 Å². The van der Waals surface area contributed by atoms with E-state index in [2.05, 4.69) is 9.71 Å². The molecular weight excluding hydrogens is 938 g/mol. The fourth-order valence-corrected chi connectivity index (χ4v) is 11.9. The number of ketones is 1. The zero-order chi connectivity index (χ0) is 49.5. The molecule has 2 saturated heterocycles. The second-order valence-corrected chi connectivity index (χ2v) is 23.4. The van der Waals surface area contributed by atoms with Crippen LogP contribution in [0.3, 0.4) is 0 Å². The number of fused-ring (bicyclic) bond motifs is 2. The highest BCUT2D eigenvalue weighted by Gasteiger charge is 2.63. The first-order valence-electron chi connectivity index (χ1n) is 23.9. The van der Waals surface area contributed by atoms with Gasteiger partial charge >= 0.3 is 12.1 Å². The molecule has 3 aliphatic heterocycles. The van der Waals surface area contributed by atoms with Gasteiger partial charge in [0.2, 0.25) is 27.4 Å². The van der Waals surface area contributed by atoms with Crippen molar-refractivity contribution in [3.8, 4) is 33.3 Å². The molecule has 1 N–H and O–H groups in total. The van der Waals surface area contributed by atoms with Crippen LogP contribution in [0.1, 0.15) is 105 Å². The summed E-state index contributed by atoms with van der Waals surface area (Å²) in [5.41, 5.74) is -0.726. The summed E-state index contributed by atoms with van der Waals surface area (Å²) in [6.07, 6.45) is 0.752. The molecule has 14 nitrogen and oxygen atoms in total. The van der Waals surface area contributed by atoms with Gasteiger partial charge in [-0.2, -0.15) is 13.2 Å². The van der Waals surface area contributed by atoms with E-state index >= 15 is 4.79 Å². The topological polar surface area (TPSA) is 180 Å². The van der Waals surface area contributed by atoms with Crippen molar-refractivity contribution in [1.82, 2.24) is 19.6 Å². The van der Waals surface area contributed by atoms with Crippen molar-refractivity contribution in [2.75, 3.05) is 19.8 Å². The number of esters is 1. The summed E-state index contributed by atoms with van der Waals surface area (Å²) in [6, 6.07) is 9.71. The van der Waals surface area contributed by atoms with E-state index in [9.17, 15) is 36.0 Å². The van der Waals surface area contributed by atoms with Gasteiger partial charge in [-0.15, -0.1) is 11.3 Å². The van der Waals surface area contributed by atoms with E-state index in [1.807, 2.05) is 57.2 Å². The van der Waals surface area contributed by atoms with Gasteiger partial charge in [0.05, 0.1) is 69.6 Å². The van der Waals surface area contributed by atoms with E-state index in [0.29, 0.717) is 55.0 Å². The molecule has 2 saturated carbocycles. The van der Waals surface area contributed by atoms with Crippen LogP contribution in [0.5, 0.6) is 11.5 Å². The van der Waals surface area contributed by atoms with Crippen LogP contribution in [-0.4, -0.2) is 101 Å². The first-order chi connectivity index (χ1) is 32.6. The smallest absolute Gasteiger partial charge is 0.430 e. The molecule has 8 atom stereocenters. The van der Waals surface area contributed by atoms with Crippen LogP contribution in [-0.2, 0) is 38.7 Å². The lowest BCUT2D eigenvalue weighted by Gasteiger charge is -2.38. The zero-order valence-electron chi connectivity index (χ0n) is 39.6. The van der Waals surface area contributed by atoms with Crippen LogP contribution in [0.15, 0.2) is 60.3 Å². The molecule has 19 heteroatoms. The van der Waals surface area contributed by atoms with E-state index < -0.39 is 105 Å². The Labute approximate surface area is 405 Å². The number of Topliss-reactive ketones (excluding diaryl/α,β-unsaturated/α-hetero) is 1. The predicted molar refractivity (Wildman–Crippen MR) is 250 cm³/mol. The summed E-state index contributed by atoms with van der Waals surface area (Å²) in [5.74, 6) is -4.28. The number of halogens is 3. The summed E-state index contributed by atoms with van der Waals surface area (Å²) in [6.45, 7) is 8.27. The Morgan fingerprint density at radius 3 is 2.43 bits per heavy atom. The third-order valence-corrected chi connectivity index (χ3v) is 17.5. The third kappa shape index (κ3) is 11.0. The van der Waals surface area contributed by atoms with Crippen molar-refractivity contribution in [1.29, 1.82) is 0 Å². The van der Waals surface area contributed by atoms with Gasteiger partial charge in [-0.3, -0.25) is 28.9 Å². The number of ether oxygens (including phenoxy) is 4. The molecule has 5 aliphatic rings. The molecule has 1 aromatic carbocycles. The van der Waals surface area contributed by atoms with Gasteiger partial charge in [-0.1, -0.05) is 26.0 Å². The summed E-state index contributed by atoms with van der Waals surface area (Å²) >= 11 is 1.38. The number of nitrogens with one attached hydrogen (secondary N) is 1. The molecule has 1 unspecified atom stereocenters. The number of hydrogen-bond donors (Lipinski definition) is 1. The molecule has 2 aromatic heterocycles. The van der Waals surface area contributed by atoms with Gasteiger partial charge in [-0.05, 0) is 108 Å². The van der Waals surface area contributed by atoms with Crippen molar-refractivity contribution in [2.24, 2.45) is 29.1 Å². The molecule has 2 amide bonds. The fourth-order valence-electron chi connectivity index (χ4n) is 10.0. The van der Waals surface area contributed by atoms with E-state index in [-0.39, 0.29) is 50.9 Å². The lowest BCUT2D eigenvalue weighted by atomic mass is 9.82. The molecule has 0 bridgehead atoms. The minimum atomic E-state index is -4.93. The largest absolute Gasteiger partial charge is 0.491 e. The number of aromatic nitrogens is 2. The Morgan fingerprint density at radius 1 is 1.04 bits per heavy atom. The minimum Gasteiger partial charge on any atom is -0.491 e. The van der Waals surface area contributed by atoms with Crippen LogP contribution in [0, 0.1) is 29.1 Å². The van der Waals surface area contributed by atoms with Crippen LogP contribution >= 0.6 is 11.3 Å². The number of carbonyl (C=O) groups is 4. The Bertz CT molecular complexity index is 2530. The molecule has 5 heterocycles. The maximum absolute atomic E-state index is 15.3. The SMILES string of the molecule is CC(C)Oc1ccc(-c2cc(O[C@@H]3C[C@H]4C(=O)C[C@]5(C(=O)NS(=O)(=O)C6(C)CC6)C[C@H]5/C=C\CC[C@H](C)C[C@@H](C)[C@H](CC(=O)OC5(C(F)(F)F)CCCOC5)C(=O)N4C3)cc(-c3cncs3)n2)cc1. The molecular formula is C50H61F3N4O10S2. The van der Waals surface area contributed by atoms with Gasteiger partial charge in [-0.25, -0.2) is 13.4 Å². The third-order valence-electron chi connectivity index (χ3n) is 14.5. The number of hydrogen-bond acceptors (Lipinski definition) is 13. The van der Waals surface area contributed by atoms with E-state index in [1.165, 1.54) is 16.2 Å². The number of sulfonamides is 1. The van der Waals surface area contributed by atoms with Crippen molar-refractivity contribution in [3.63, 3.8) is 0 Å². The van der Waals surface area contributed by atoms with Gasteiger partial charge in [0.15, 0.2) is 5.78 Å². The molecule has 69 heavy (non-hydrogen) atoms. The summed E-state index contributed by atoms with van der Waals surface area (Å²) < 4.78 is 94.7. The Balaban J connectivity index is 1.14. The van der Waals surface area contributed by atoms with Crippen molar-refractivity contribution >= 4 is 44.9 Å². The normalized spacial score (nSPS) is 30.0. The highest BCUT2D eigenvalue weighted by Crippen LogP contribution is 2.58. The van der Waals surface area contributed by atoms with Crippen LogP contribution in [0.4, 0.5) is 13.2 Å². The van der Waals surface area contributed by atoms with E-state index in [0.717, 1.165) is 10.4 Å². The lowest BCUT2D eigenvalue weighted by molar-refractivity contribution is -0.295. The van der Waals surface area contributed by atoms with Crippen molar-refractivity contribution in [2.45, 2.75) is 140 Å². The summed E-state index contributed by atoms with van der Waals surface area (Å²) in [7, 11) is -4.06. The molecule has 3 aromatic rings. The average Bonchev–Trinajstić information content (AvgIpc) is 4.04. The maximum atomic E-state index is 15.3. The second-order valence-electron chi connectivity index (χ2n) is 20.4. The Kier molecular flexibility index (Phi) is 14.4.